The quantitative estimate of drug-likeness (QED) is 0.912. The lowest BCUT2D eigenvalue weighted by atomic mass is 9.92. The second-order valence-corrected chi connectivity index (χ2v) is 6.90. The molecule has 15 heavy (non-hydrogen) atoms. The number of thiophene rings is 1. The van der Waals surface area contributed by atoms with Gasteiger partial charge in [0.15, 0.2) is 0 Å². The average Bonchev–Trinajstić information content (AvgIpc) is 2.66. The molecule has 84 valence electrons. The van der Waals surface area contributed by atoms with Crippen LogP contribution >= 0.6 is 39.0 Å². The third kappa shape index (κ3) is 3.22. The third-order valence-corrected chi connectivity index (χ3v) is 5.77. The van der Waals surface area contributed by atoms with Crippen molar-refractivity contribution in [3.8, 4) is 0 Å². The Morgan fingerprint density at radius 3 is 2.73 bits per heavy atom. The molecular weight excluding hydrogens is 290 g/mol. The summed E-state index contributed by atoms with van der Waals surface area (Å²) >= 11 is 7.36. The van der Waals surface area contributed by atoms with Crippen molar-refractivity contribution >= 4 is 39.0 Å². The van der Waals surface area contributed by atoms with Gasteiger partial charge in [-0.2, -0.15) is 23.1 Å². The van der Waals surface area contributed by atoms with Crippen LogP contribution in [0.3, 0.4) is 0 Å². The van der Waals surface area contributed by atoms with E-state index in [1.807, 2.05) is 0 Å². The molecule has 1 atom stereocenters. The van der Waals surface area contributed by atoms with Crippen LogP contribution < -0.4 is 5.73 Å². The molecule has 1 aliphatic rings. The normalized spacial score (nSPS) is 20.4. The molecule has 1 aromatic heterocycles. The van der Waals surface area contributed by atoms with Crippen LogP contribution in [0, 0.1) is 5.92 Å². The van der Waals surface area contributed by atoms with Crippen molar-refractivity contribution in [1.29, 1.82) is 0 Å². The number of nitrogens with two attached hydrogens (primary N) is 1. The van der Waals surface area contributed by atoms with E-state index in [1.54, 1.807) is 11.3 Å². The molecular formula is C11H16BrNS2. The molecule has 2 N–H and O–H groups in total. The molecule has 1 aromatic rings. The van der Waals surface area contributed by atoms with Gasteiger partial charge in [-0.3, -0.25) is 0 Å². The fourth-order valence-corrected chi connectivity index (χ4v) is 4.88. The van der Waals surface area contributed by atoms with Crippen molar-refractivity contribution in [1.82, 2.24) is 0 Å². The second kappa shape index (κ2) is 5.71. The van der Waals surface area contributed by atoms with Crippen molar-refractivity contribution in [2.24, 2.45) is 11.7 Å². The molecule has 0 bridgehead atoms. The lowest BCUT2D eigenvalue weighted by Gasteiger charge is -2.24. The molecule has 2 heterocycles. The molecule has 0 amide bonds. The van der Waals surface area contributed by atoms with Crippen molar-refractivity contribution in [2.45, 2.75) is 25.3 Å². The predicted octanol–water partition coefficient (Wildman–Crippen LogP) is 4.04. The van der Waals surface area contributed by atoms with Crippen LogP contribution in [-0.4, -0.2) is 11.5 Å². The van der Waals surface area contributed by atoms with Gasteiger partial charge < -0.3 is 5.73 Å². The minimum Gasteiger partial charge on any atom is -0.324 e. The highest BCUT2D eigenvalue weighted by molar-refractivity contribution is 9.10. The van der Waals surface area contributed by atoms with Crippen LogP contribution in [0.4, 0.5) is 0 Å². The third-order valence-electron chi connectivity index (χ3n) is 2.97. The van der Waals surface area contributed by atoms with E-state index in [0.717, 1.165) is 12.3 Å². The van der Waals surface area contributed by atoms with Crippen LogP contribution in [-0.2, 0) is 0 Å². The summed E-state index contributed by atoms with van der Waals surface area (Å²) in [6, 6.07) is 0.221. The van der Waals surface area contributed by atoms with Crippen molar-refractivity contribution < 1.29 is 0 Å². The van der Waals surface area contributed by atoms with Crippen LogP contribution in [0.2, 0.25) is 0 Å². The number of hydrogen-bond acceptors (Lipinski definition) is 3. The van der Waals surface area contributed by atoms with Crippen LogP contribution in [0.25, 0.3) is 0 Å². The Balaban J connectivity index is 1.91. The maximum atomic E-state index is 6.24. The monoisotopic (exact) mass is 305 g/mol. The standard InChI is InChI=1S/C11H16BrNS2/c12-10-7-15-6-9(10)11(13)5-8-1-3-14-4-2-8/h6-8,11H,1-5,13H2. The van der Waals surface area contributed by atoms with E-state index < -0.39 is 0 Å². The van der Waals surface area contributed by atoms with E-state index in [9.17, 15) is 0 Å². The van der Waals surface area contributed by atoms with Gasteiger partial charge in [-0.1, -0.05) is 0 Å². The highest BCUT2D eigenvalue weighted by atomic mass is 79.9. The molecule has 0 radical (unpaired) electrons. The summed E-state index contributed by atoms with van der Waals surface area (Å²) < 4.78 is 1.19. The Kier molecular flexibility index (Phi) is 4.55. The van der Waals surface area contributed by atoms with Gasteiger partial charge in [-0.15, -0.1) is 0 Å². The Hall–Kier alpha value is 0.490. The maximum absolute atomic E-state index is 6.24. The van der Waals surface area contributed by atoms with Gasteiger partial charge in [0.05, 0.1) is 0 Å². The zero-order valence-electron chi connectivity index (χ0n) is 8.62. The number of rotatable bonds is 3. The summed E-state index contributed by atoms with van der Waals surface area (Å²) in [4.78, 5) is 0. The first-order chi connectivity index (χ1) is 7.27. The first-order valence-electron chi connectivity index (χ1n) is 5.32. The van der Waals surface area contributed by atoms with Gasteiger partial charge in [-0.25, -0.2) is 0 Å². The van der Waals surface area contributed by atoms with E-state index in [-0.39, 0.29) is 6.04 Å². The Bertz CT molecular complexity index is 307. The summed E-state index contributed by atoms with van der Waals surface area (Å²) in [6.07, 6.45) is 3.84. The molecule has 4 heteroatoms. The zero-order chi connectivity index (χ0) is 10.7. The largest absolute Gasteiger partial charge is 0.324 e. The first-order valence-corrected chi connectivity index (χ1v) is 8.21. The maximum Gasteiger partial charge on any atom is 0.0330 e. The van der Waals surface area contributed by atoms with Gasteiger partial charge in [0.2, 0.25) is 0 Å². The van der Waals surface area contributed by atoms with E-state index >= 15 is 0 Å². The lowest BCUT2D eigenvalue weighted by molar-refractivity contribution is 0.413. The summed E-state index contributed by atoms with van der Waals surface area (Å²) in [6.45, 7) is 0. The van der Waals surface area contributed by atoms with Crippen LogP contribution in [0.15, 0.2) is 15.2 Å². The van der Waals surface area contributed by atoms with Gasteiger partial charge in [0.1, 0.15) is 0 Å². The summed E-state index contributed by atoms with van der Waals surface area (Å²) in [5.41, 5.74) is 7.53. The Morgan fingerprint density at radius 2 is 2.13 bits per heavy atom. The highest BCUT2D eigenvalue weighted by Crippen LogP contribution is 2.33. The van der Waals surface area contributed by atoms with Crippen LogP contribution in [0.5, 0.6) is 0 Å². The zero-order valence-corrected chi connectivity index (χ0v) is 11.8. The molecule has 0 aromatic carbocycles. The SMILES string of the molecule is NC(CC1CCSCC1)c1cscc1Br. The van der Waals surface area contributed by atoms with Gasteiger partial charge >= 0.3 is 0 Å². The lowest BCUT2D eigenvalue weighted by Crippen LogP contribution is -2.18. The molecule has 0 saturated carbocycles. The molecule has 1 unspecified atom stereocenters. The molecule has 0 aliphatic carbocycles. The molecule has 1 saturated heterocycles. The molecule has 2 rings (SSSR count). The van der Waals surface area contributed by atoms with E-state index in [2.05, 4.69) is 38.5 Å². The molecule has 0 spiro atoms. The summed E-state index contributed by atoms with van der Waals surface area (Å²) in [5, 5.41) is 4.29. The molecule has 1 nitrogen and oxygen atoms in total. The smallest absolute Gasteiger partial charge is 0.0330 e. The summed E-state index contributed by atoms with van der Waals surface area (Å²) in [7, 11) is 0. The minimum atomic E-state index is 0.221. The number of thioether (sulfide) groups is 1. The first kappa shape index (κ1) is 12.0. The van der Waals surface area contributed by atoms with Crippen LogP contribution in [0.1, 0.15) is 30.9 Å². The van der Waals surface area contributed by atoms with Gasteiger partial charge in [0.25, 0.3) is 0 Å². The topological polar surface area (TPSA) is 26.0 Å². The summed E-state index contributed by atoms with van der Waals surface area (Å²) in [5.74, 6) is 3.48. The molecule has 1 fully saturated rings. The Labute approximate surface area is 108 Å². The fourth-order valence-electron chi connectivity index (χ4n) is 2.02. The number of hydrogen-bond donors (Lipinski definition) is 1. The second-order valence-electron chi connectivity index (χ2n) is 4.07. The fraction of sp³-hybridized carbons (Fsp3) is 0.636. The van der Waals surface area contributed by atoms with E-state index in [4.69, 9.17) is 5.73 Å². The van der Waals surface area contributed by atoms with E-state index in [1.165, 1.54) is 34.4 Å². The molecule has 1 aliphatic heterocycles. The predicted molar refractivity (Wildman–Crippen MR) is 73.6 cm³/mol. The number of halogens is 1. The van der Waals surface area contributed by atoms with Crippen molar-refractivity contribution in [3.63, 3.8) is 0 Å². The van der Waals surface area contributed by atoms with Crippen molar-refractivity contribution in [3.05, 3.63) is 20.8 Å². The van der Waals surface area contributed by atoms with Gasteiger partial charge in [-0.05, 0) is 63.6 Å². The van der Waals surface area contributed by atoms with Gasteiger partial charge in [0, 0.05) is 15.9 Å². The average molecular weight is 306 g/mol. The Morgan fingerprint density at radius 1 is 1.40 bits per heavy atom. The van der Waals surface area contributed by atoms with E-state index in [0.29, 0.717) is 0 Å². The van der Waals surface area contributed by atoms with Crippen molar-refractivity contribution in [2.75, 3.05) is 11.5 Å². The highest BCUT2D eigenvalue weighted by Gasteiger charge is 2.19. The minimum absolute atomic E-state index is 0.221.